The molecule has 16 heavy (non-hydrogen) atoms. The second-order valence-corrected chi connectivity index (χ2v) is 6.81. The van der Waals surface area contributed by atoms with E-state index in [0.29, 0.717) is 23.0 Å². The largest absolute Gasteiger partial charge is 0.304 e. The monoisotopic (exact) mass is 260 g/mol. The van der Waals surface area contributed by atoms with Gasteiger partial charge in [0.1, 0.15) is 0 Å². The molecule has 1 aromatic heterocycles. The summed E-state index contributed by atoms with van der Waals surface area (Å²) in [5.74, 6) is 0. The number of sulfonamides is 1. The van der Waals surface area contributed by atoms with Crippen LogP contribution in [0.5, 0.6) is 0 Å². The summed E-state index contributed by atoms with van der Waals surface area (Å²) in [7, 11) is -1.35. The summed E-state index contributed by atoms with van der Waals surface area (Å²) in [6, 6.07) is 0. The number of aromatic nitrogens is 1. The van der Waals surface area contributed by atoms with Crippen LogP contribution in [0.4, 0.5) is 0 Å². The molecule has 0 N–H and O–H groups in total. The maximum atomic E-state index is 12.2. The number of hydrogen-bond donors (Lipinski definition) is 0. The van der Waals surface area contributed by atoms with Crippen molar-refractivity contribution < 1.29 is 8.42 Å². The summed E-state index contributed by atoms with van der Waals surface area (Å²) in [5, 5.41) is 0. The number of nitrogens with zero attached hydrogens (tertiary/aromatic N) is 3. The van der Waals surface area contributed by atoms with Gasteiger partial charge in [-0.1, -0.05) is 11.3 Å². The third kappa shape index (κ3) is 2.13. The first-order valence-electron chi connectivity index (χ1n) is 5.04. The molecule has 1 saturated heterocycles. The fourth-order valence-electron chi connectivity index (χ4n) is 1.64. The van der Waals surface area contributed by atoms with Crippen LogP contribution in [0.2, 0.25) is 0 Å². The SMILES string of the molecule is Cc1n[c]sc1S(=O)(=O)N1CCN(C)CC1. The minimum Gasteiger partial charge on any atom is -0.304 e. The van der Waals surface area contributed by atoms with Gasteiger partial charge in [0.15, 0.2) is 9.72 Å². The highest BCUT2D eigenvalue weighted by Gasteiger charge is 2.30. The van der Waals surface area contributed by atoms with Crippen molar-refractivity contribution in [3.63, 3.8) is 0 Å². The third-order valence-electron chi connectivity index (χ3n) is 2.68. The highest BCUT2D eigenvalue weighted by atomic mass is 32.2. The van der Waals surface area contributed by atoms with E-state index in [4.69, 9.17) is 0 Å². The van der Waals surface area contributed by atoms with Gasteiger partial charge in [0, 0.05) is 26.2 Å². The molecule has 2 rings (SSSR count). The molecule has 0 atom stereocenters. The van der Waals surface area contributed by atoms with E-state index in [0.717, 1.165) is 24.4 Å². The van der Waals surface area contributed by atoms with Gasteiger partial charge >= 0.3 is 0 Å². The van der Waals surface area contributed by atoms with Crippen molar-refractivity contribution in [3.8, 4) is 0 Å². The molecule has 89 valence electrons. The van der Waals surface area contributed by atoms with Crippen LogP contribution in [0.25, 0.3) is 0 Å². The summed E-state index contributed by atoms with van der Waals surface area (Å²) in [4.78, 5) is 5.99. The van der Waals surface area contributed by atoms with E-state index in [1.807, 2.05) is 7.05 Å². The first-order valence-corrected chi connectivity index (χ1v) is 7.29. The summed E-state index contributed by atoms with van der Waals surface area (Å²) >= 11 is 1.07. The van der Waals surface area contributed by atoms with Crippen LogP contribution in [0.15, 0.2) is 4.21 Å². The zero-order valence-corrected chi connectivity index (χ0v) is 10.9. The molecule has 0 aromatic carbocycles. The Kier molecular flexibility index (Phi) is 3.29. The van der Waals surface area contributed by atoms with Crippen molar-refractivity contribution in [1.29, 1.82) is 0 Å². The molecule has 1 aromatic rings. The standard InChI is InChI=1S/C9H14N3O2S2/c1-8-9(15-7-10-8)16(13,14)12-5-3-11(2)4-6-12/h3-6H2,1-2H3. The van der Waals surface area contributed by atoms with Crippen molar-refractivity contribution in [2.24, 2.45) is 0 Å². The van der Waals surface area contributed by atoms with Crippen LogP contribution in [-0.4, -0.2) is 55.8 Å². The van der Waals surface area contributed by atoms with Crippen molar-refractivity contribution in [1.82, 2.24) is 14.2 Å². The highest BCUT2D eigenvalue weighted by Crippen LogP contribution is 2.23. The van der Waals surface area contributed by atoms with E-state index < -0.39 is 10.0 Å². The number of piperazine rings is 1. The molecular weight excluding hydrogens is 246 g/mol. The van der Waals surface area contributed by atoms with E-state index >= 15 is 0 Å². The molecule has 1 radical (unpaired) electrons. The van der Waals surface area contributed by atoms with Gasteiger partial charge in [-0.15, -0.1) is 0 Å². The smallest absolute Gasteiger partial charge is 0.254 e. The summed E-state index contributed by atoms with van der Waals surface area (Å²) in [6.45, 7) is 4.36. The normalized spacial score (nSPS) is 20.1. The summed E-state index contributed by atoms with van der Waals surface area (Å²) < 4.78 is 26.3. The number of likely N-dealkylation sites (N-methyl/N-ethyl adjacent to an activating group) is 1. The molecule has 0 spiro atoms. The minimum atomic E-state index is -3.34. The molecule has 0 bridgehead atoms. The van der Waals surface area contributed by atoms with Crippen molar-refractivity contribution in [2.45, 2.75) is 11.1 Å². The van der Waals surface area contributed by atoms with Gasteiger partial charge in [-0.2, -0.15) is 4.31 Å². The number of thiazole rings is 1. The van der Waals surface area contributed by atoms with Gasteiger partial charge in [-0.25, -0.2) is 13.4 Å². The molecule has 5 nitrogen and oxygen atoms in total. The lowest BCUT2D eigenvalue weighted by atomic mass is 10.4. The number of rotatable bonds is 2. The molecular formula is C9H14N3O2S2. The first-order chi connectivity index (χ1) is 7.51. The van der Waals surface area contributed by atoms with Gasteiger partial charge in [0.2, 0.25) is 0 Å². The Balaban J connectivity index is 2.23. The molecule has 1 aliphatic heterocycles. The molecule has 7 heteroatoms. The van der Waals surface area contributed by atoms with Crippen molar-refractivity contribution in [2.75, 3.05) is 33.2 Å². The van der Waals surface area contributed by atoms with Crippen LogP contribution in [-0.2, 0) is 10.0 Å². The quantitative estimate of drug-likeness (QED) is 0.761. The van der Waals surface area contributed by atoms with E-state index in [2.05, 4.69) is 15.4 Å². The number of hydrogen-bond acceptors (Lipinski definition) is 5. The fourth-order valence-corrected chi connectivity index (χ4v) is 4.24. The lowest BCUT2D eigenvalue weighted by molar-refractivity contribution is 0.222. The van der Waals surface area contributed by atoms with Crippen LogP contribution in [0.3, 0.4) is 0 Å². The molecule has 1 aliphatic rings. The Morgan fingerprint density at radius 3 is 2.44 bits per heavy atom. The van der Waals surface area contributed by atoms with E-state index in [1.54, 1.807) is 6.92 Å². The molecule has 0 saturated carbocycles. The Labute approximate surface area is 99.8 Å². The Hall–Kier alpha value is -0.500. The zero-order chi connectivity index (χ0) is 11.8. The van der Waals surface area contributed by atoms with Gasteiger partial charge in [0.05, 0.1) is 5.69 Å². The molecule has 1 fully saturated rings. The first kappa shape index (κ1) is 12.0. The maximum absolute atomic E-state index is 12.2. The predicted octanol–water partition coefficient (Wildman–Crippen LogP) is 0.188. The highest BCUT2D eigenvalue weighted by molar-refractivity contribution is 7.91. The maximum Gasteiger partial charge on any atom is 0.254 e. The molecule has 0 amide bonds. The predicted molar refractivity (Wildman–Crippen MR) is 61.9 cm³/mol. The van der Waals surface area contributed by atoms with Crippen LogP contribution < -0.4 is 0 Å². The van der Waals surface area contributed by atoms with E-state index in [9.17, 15) is 8.42 Å². The Morgan fingerprint density at radius 2 is 1.94 bits per heavy atom. The molecule has 0 unspecified atom stereocenters. The minimum absolute atomic E-state index is 0.331. The Bertz CT molecular complexity index is 461. The van der Waals surface area contributed by atoms with Gasteiger partial charge in [-0.05, 0) is 14.0 Å². The van der Waals surface area contributed by atoms with Crippen LogP contribution in [0, 0.1) is 12.4 Å². The lowest BCUT2D eigenvalue weighted by Gasteiger charge is -2.31. The second kappa shape index (κ2) is 4.40. The van der Waals surface area contributed by atoms with Crippen LogP contribution in [0.1, 0.15) is 5.69 Å². The average Bonchev–Trinajstić information content (AvgIpc) is 2.66. The molecule has 0 aliphatic carbocycles. The van der Waals surface area contributed by atoms with Gasteiger partial charge < -0.3 is 4.90 Å². The van der Waals surface area contributed by atoms with Crippen LogP contribution >= 0.6 is 11.3 Å². The summed E-state index contributed by atoms with van der Waals surface area (Å²) in [6.07, 6.45) is 0. The molecule has 2 heterocycles. The van der Waals surface area contributed by atoms with E-state index in [1.165, 1.54) is 4.31 Å². The van der Waals surface area contributed by atoms with E-state index in [-0.39, 0.29) is 0 Å². The fraction of sp³-hybridized carbons (Fsp3) is 0.667. The number of aryl methyl sites for hydroxylation is 1. The Morgan fingerprint density at radius 1 is 1.31 bits per heavy atom. The topological polar surface area (TPSA) is 53.5 Å². The summed E-state index contributed by atoms with van der Waals surface area (Å²) in [5.41, 5.74) is 3.17. The van der Waals surface area contributed by atoms with Crippen molar-refractivity contribution in [3.05, 3.63) is 11.2 Å². The third-order valence-corrected chi connectivity index (χ3v) is 6.04. The zero-order valence-electron chi connectivity index (χ0n) is 9.30. The average molecular weight is 260 g/mol. The second-order valence-electron chi connectivity index (χ2n) is 3.89. The van der Waals surface area contributed by atoms with Crippen molar-refractivity contribution >= 4 is 21.4 Å². The van der Waals surface area contributed by atoms with Gasteiger partial charge in [0.25, 0.3) is 10.0 Å². The lowest BCUT2D eigenvalue weighted by Crippen LogP contribution is -2.46. The van der Waals surface area contributed by atoms with Gasteiger partial charge in [-0.3, -0.25) is 0 Å².